The van der Waals surface area contributed by atoms with Crippen LogP contribution in [-0.4, -0.2) is 19.6 Å². The normalized spacial score (nSPS) is 16.6. The molecule has 1 aliphatic rings. The Morgan fingerprint density at radius 2 is 1.52 bits per heavy atom. The molecule has 2 atom stereocenters. The third kappa shape index (κ3) is 4.97. The van der Waals surface area contributed by atoms with Crippen LogP contribution in [0, 0.1) is 17.0 Å². The van der Waals surface area contributed by atoms with Crippen LogP contribution in [0.5, 0.6) is 0 Å². The predicted octanol–water partition coefficient (Wildman–Crippen LogP) is 7.42. The van der Waals surface area contributed by atoms with Crippen molar-refractivity contribution in [3.63, 3.8) is 0 Å². The number of anilines is 1. The zero-order valence-electron chi connectivity index (χ0n) is 21.5. The molecule has 3 heterocycles. The monoisotopic (exact) mass is 563 g/mol. The highest BCUT2D eigenvalue weighted by atomic mass is 32.2. The minimum absolute atomic E-state index is 0.0822. The van der Waals surface area contributed by atoms with E-state index in [1.165, 1.54) is 12.1 Å². The number of nitrogens with zero attached hydrogens (tertiary/aromatic N) is 4. The zero-order valence-corrected chi connectivity index (χ0v) is 23.2. The number of hydrogen-bond donors (Lipinski definition) is 1. The van der Waals surface area contributed by atoms with Gasteiger partial charge >= 0.3 is 0 Å². The molecule has 2 aromatic heterocycles. The number of thiocarbonyl (C=S) groups is 1. The molecule has 6 rings (SSSR count). The molecule has 40 heavy (non-hydrogen) atoms. The summed E-state index contributed by atoms with van der Waals surface area (Å²) < 4.78 is 2.28. The van der Waals surface area contributed by atoms with Crippen molar-refractivity contribution in [2.45, 2.75) is 28.8 Å². The fourth-order valence-electron chi connectivity index (χ4n) is 5.10. The van der Waals surface area contributed by atoms with Crippen LogP contribution in [0.15, 0.2) is 125 Å². The van der Waals surface area contributed by atoms with Gasteiger partial charge in [0.25, 0.3) is 5.69 Å². The van der Waals surface area contributed by atoms with Gasteiger partial charge in [-0.05, 0) is 91.9 Å². The van der Waals surface area contributed by atoms with E-state index in [0.717, 1.165) is 38.2 Å². The minimum atomic E-state index is -0.388. The van der Waals surface area contributed by atoms with Crippen LogP contribution in [0.4, 0.5) is 11.4 Å². The molecule has 0 spiro atoms. The fraction of sp³-hybridized carbons (Fsp3) is 0.0968. The molecule has 0 radical (unpaired) electrons. The van der Waals surface area contributed by atoms with E-state index in [1.54, 1.807) is 23.9 Å². The predicted molar refractivity (Wildman–Crippen MR) is 162 cm³/mol. The maximum Gasteiger partial charge on any atom is 0.269 e. The number of para-hydroxylation sites is 1. The summed E-state index contributed by atoms with van der Waals surface area (Å²) >= 11 is 7.49. The summed E-state index contributed by atoms with van der Waals surface area (Å²) in [6, 6.07) is 35.1. The van der Waals surface area contributed by atoms with Crippen LogP contribution in [0.25, 0.3) is 5.69 Å². The summed E-state index contributed by atoms with van der Waals surface area (Å²) in [4.78, 5) is 19.4. The summed E-state index contributed by atoms with van der Waals surface area (Å²) in [6.45, 7) is 2.11. The average Bonchev–Trinajstić information content (AvgIpc) is 3.53. The van der Waals surface area contributed by atoms with E-state index in [9.17, 15) is 10.1 Å². The molecule has 7 nitrogen and oxygen atoms in total. The van der Waals surface area contributed by atoms with Crippen molar-refractivity contribution in [2.75, 3.05) is 4.90 Å². The fourth-order valence-corrected chi connectivity index (χ4v) is 6.26. The number of nitrogens with one attached hydrogen (secondary N) is 1. The van der Waals surface area contributed by atoms with Crippen molar-refractivity contribution in [3.8, 4) is 5.69 Å². The number of pyridine rings is 1. The summed E-state index contributed by atoms with van der Waals surface area (Å²) in [5.41, 5.74) is 5.30. The molecule has 5 aromatic rings. The van der Waals surface area contributed by atoms with E-state index in [2.05, 4.69) is 75.2 Å². The molecule has 1 N–H and O–H groups in total. The number of benzene rings is 3. The second kappa shape index (κ2) is 11.0. The van der Waals surface area contributed by atoms with Crippen molar-refractivity contribution in [3.05, 3.63) is 143 Å². The molecular weight excluding hydrogens is 539 g/mol. The maximum absolute atomic E-state index is 11.0. The number of hydrogen-bond acceptors (Lipinski definition) is 5. The van der Waals surface area contributed by atoms with Gasteiger partial charge in [0.2, 0.25) is 0 Å². The maximum atomic E-state index is 11.0. The van der Waals surface area contributed by atoms with E-state index in [0.29, 0.717) is 5.11 Å². The van der Waals surface area contributed by atoms with Crippen molar-refractivity contribution in [2.24, 2.45) is 0 Å². The van der Waals surface area contributed by atoms with Gasteiger partial charge in [-0.25, -0.2) is 0 Å². The SMILES string of the molecule is Cc1ccc([C@H]2[C@@H](c3ccccn3)NC(=S)N2c2ccc(Sc3ccc([N+](=O)[O-])cc3)cc2)n1-c1ccccc1. The molecule has 0 amide bonds. The molecule has 0 saturated carbocycles. The standard InChI is InChI=1S/C31H25N5O2S2/c1-21-10-19-28(34(21)22-7-3-2-4-8-22)30-29(27-9-5-6-20-32-27)33-31(39)35(30)23-11-15-25(16-12-23)40-26-17-13-24(14-18-26)36(37)38/h2-20,29-30H,1H3,(H,33,39)/t29-,30+/m1/s1. The lowest BCUT2D eigenvalue weighted by Crippen LogP contribution is -2.30. The first-order chi connectivity index (χ1) is 19.5. The number of rotatable bonds is 7. The highest BCUT2D eigenvalue weighted by Gasteiger charge is 2.42. The van der Waals surface area contributed by atoms with Crippen LogP contribution < -0.4 is 10.2 Å². The van der Waals surface area contributed by atoms with E-state index < -0.39 is 0 Å². The number of aryl methyl sites for hydroxylation is 1. The second-order valence-electron chi connectivity index (χ2n) is 9.41. The lowest BCUT2D eigenvalue weighted by atomic mass is 10.0. The van der Waals surface area contributed by atoms with Crippen molar-refractivity contribution < 1.29 is 4.92 Å². The van der Waals surface area contributed by atoms with Crippen molar-refractivity contribution in [1.29, 1.82) is 0 Å². The van der Waals surface area contributed by atoms with Crippen LogP contribution in [0.3, 0.4) is 0 Å². The van der Waals surface area contributed by atoms with Gasteiger partial charge in [-0.15, -0.1) is 0 Å². The minimum Gasteiger partial charge on any atom is -0.351 e. The van der Waals surface area contributed by atoms with Crippen LogP contribution >= 0.6 is 24.0 Å². The Bertz CT molecular complexity index is 1660. The number of nitro groups is 1. The van der Waals surface area contributed by atoms with Gasteiger partial charge in [0.05, 0.1) is 16.7 Å². The molecular formula is C31H25N5O2S2. The zero-order chi connectivity index (χ0) is 27.6. The van der Waals surface area contributed by atoms with E-state index >= 15 is 0 Å². The van der Waals surface area contributed by atoms with Crippen molar-refractivity contribution in [1.82, 2.24) is 14.9 Å². The molecule has 198 valence electrons. The van der Waals surface area contributed by atoms with Gasteiger partial charge in [-0.3, -0.25) is 15.1 Å². The van der Waals surface area contributed by atoms with E-state index in [4.69, 9.17) is 12.2 Å². The van der Waals surface area contributed by atoms with Gasteiger partial charge in [0, 0.05) is 50.9 Å². The Labute approximate surface area is 241 Å². The van der Waals surface area contributed by atoms with Gasteiger partial charge < -0.3 is 14.8 Å². The van der Waals surface area contributed by atoms with Crippen molar-refractivity contribution >= 4 is 40.5 Å². The number of aromatic nitrogens is 2. The lowest BCUT2D eigenvalue weighted by Gasteiger charge is -2.29. The third-order valence-corrected chi connectivity index (χ3v) is 8.25. The van der Waals surface area contributed by atoms with Gasteiger partial charge in [0.15, 0.2) is 5.11 Å². The summed E-state index contributed by atoms with van der Waals surface area (Å²) in [7, 11) is 0. The molecule has 0 aliphatic carbocycles. The molecule has 1 aliphatic heterocycles. The topological polar surface area (TPSA) is 76.2 Å². The Balaban J connectivity index is 1.37. The number of nitro benzene ring substituents is 1. The summed E-state index contributed by atoms with van der Waals surface area (Å²) in [5.74, 6) is 0. The molecule has 1 fully saturated rings. The van der Waals surface area contributed by atoms with Gasteiger partial charge in [-0.1, -0.05) is 36.0 Å². The van der Waals surface area contributed by atoms with E-state index in [-0.39, 0.29) is 22.7 Å². The second-order valence-corrected chi connectivity index (χ2v) is 10.9. The molecule has 0 unspecified atom stereocenters. The Morgan fingerprint density at radius 3 is 2.17 bits per heavy atom. The van der Waals surface area contributed by atoms with Crippen LogP contribution in [0.1, 0.15) is 29.2 Å². The summed E-state index contributed by atoms with van der Waals surface area (Å²) in [5, 5.41) is 15.2. The quantitative estimate of drug-likeness (QED) is 0.125. The van der Waals surface area contributed by atoms with E-state index in [1.807, 2.05) is 42.6 Å². The van der Waals surface area contributed by atoms with Gasteiger partial charge in [-0.2, -0.15) is 0 Å². The lowest BCUT2D eigenvalue weighted by molar-refractivity contribution is -0.384. The average molecular weight is 564 g/mol. The van der Waals surface area contributed by atoms with Crippen LogP contribution in [0.2, 0.25) is 0 Å². The highest BCUT2D eigenvalue weighted by molar-refractivity contribution is 7.99. The first-order valence-electron chi connectivity index (χ1n) is 12.8. The third-order valence-electron chi connectivity index (χ3n) is 6.92. The summed E-state index contributed by atoms with van der Waals surface area (Å²) in [6.07, 6.45) is 1.81. The highest BCUT2D eigenvalue weighted by Crippen LogP contribution is 2.43. The Morgan fingerprint density at radius 1 is 0.850 bits per heavy atom. The Kier molecular flexibility index (Phi) is 7.06. The first-order valence-corrected chi connectivity index (χ1v) is 14.0. The van der Waals surface area contributed by atoms with Crippen LogP contribution in [-0.2, 0) is 0 Å². The largest absolute Gasteiger partial charge is 0.351 e. The molecule has 3 aromatic carbocycles. The molecule has 9 heteroatoms. The molecule has 0 bridgehead atoms. The molecule has 1 saturated heterocycles. The smallest absolute Gasteiger partial charge is 0.269 e. The van der Waals surface area contributed by atoms with Gasteiger partial charge in [0.1, 0.15) is 6.04 Å². The number of non-ortho nitro benzene ring substituents is 1. The Hall–Kier alpha value is -4.47. The first kappa shape index (κ1) is 25.8.